The van der Waals surface area contributed by atoms with Crippen molar-refractivity contribution in [3.8, 4) is 0 Å². The summed E-state index contributed by atoms with van der Waals surface area (Å²) in [5.74, 6) is -2.13. The molecule has 1 atom stereocenters. The molecule has 138 valence electrons. The van der Waals surface area contributed by atoms with Crippen molar-refractivity contribution in [3.05, 3.63) is 35.4 Å². The number of imide groups is 1. The fourth-order valence-corrected chi connectivity index (χ4v) is 2.70. The lowest BCUT2D eigenvalue weighted by molar-refractivity contribution is -0.171. The fourth-order valence-electron chi connectivity index (χ4n) is 2.70. The van der Waals surface area contributed by atoms with Crippen molar-refractivity contribution < 1.29 is 24.0 Å². The first-order valence-electron chi connectivity index (χ1n) is 8.63. The number of hydrogen-bond donors (Lipinski definition) is 2. The molecule has 1 aromatic carbocycles. The Morgan fingerprint density at radius 3 is 2.23 bits per heavy atom. The fraction of sp³-hybridized carbons (Fsp3) is 0.444. The number of carbonyl (C=O) groups excluding carboxylic acids is 4. The maximum atomic E-state index is 12.5. The predicted octanol–water partition coefficient (Wildman–Crippen LogP) is 1.62. The molecular weight excluding hydrogens is 338 g/mol. The van der Waals surface area contributed by atoms with Gasteiger partial charge in [0.1, 0.15) is 6.04 Å². The van der Waals surface area contributed by atoms with E-state index in [1.165, 1.54) is 12.1 Å². The van der Waals surface area contributed by atoms with E-state index in [0.29, 0.717) is 11.5 Å². The van der Waals surface area contributed by atoms with Crippen molar-refractivity contribution in [2.45, 2.75) is 45.2 Å². The summed E-state index contributed by atoms with van der Waals surface area (Å²) in [4.78, 5) is 54.1. The van der Waals surface area contributed by atoms with E-state index in [0.717, 1.165) is 12.8 Å². The number of nitrogens with one attached hydrogen (secondary N) is 2. The highest BCUT2D eigenvalue weighted by Gasteiger charge is 2.40. The zero-order chi connectivity index (χ0) is 18.8. The number of carbonyl (C=O) groups is 4. The Morgan fingerprint density at radius 1 is 1.15 bits per heavy atom. The SMILES string of the molecule is CC(C)CC(NC(=O)NC1CC1)C(=O)ON1C(=O)c2ccccc2C1=O. The van der Waals surface area contributed by atoms with Crippen LogP contribution in [0.2, 0.25) is 0 Å². The van der Waals surface area contributed by atoms with E-state index < -0.39 is 29.9 Å². The van der Waals surface area contributed by atoms with Crippen LogP contribution in [0.5, 0.6) is 0 Å². The summed E-state index contributed by atoms with van der Waals surface area (Å²) in [5.41, 5.74) is 0.371. The number of fused-ring (bicyclic) bond motifs is 1. The van der Waals surface area contributed by atoms with Crippen LogP contribution in [0.1, 0.15) is 53.8 Å². The Kier molecular flexibility index (Phi) is 4.92. The highest BCUT2D eigenvalue weighted by molar-refractivity contribution is 6.20. The van der Waals surface area contributed by atoms with Gasteiger partial charge in [0.25, 0.3) is 11.8 Å². The van der Waals surface area contributed by atoms with Crippen molar-refractivity contribution in [2.75, 3.05) is 0 Å². The molecule has 0 saturated heterocycles. The lowest BCUT2D eigenvalue weighted by Gasteiger charge is -2.21. The van der Waals surface area contributed by atoms with Crippen LogP contribution < -0.4 is 10.6 Å². The van der Waals surface area contributed by atoms with Gasteiger partial charge in [-0.15, -0.1) is 0 Å². The monoisotopic (exact) mass is 359 g/mol. The highest BCUT2D eigenvalue weighted by atomic mass is 16.7. The Balaban J connectivity index is 1.68. The van der Waals surface area contributed by atoms with Crippen molar-refractivity contribution in [2.24, 2.45) is 5.92 Å². The molecule has 8 heteroatoms. The quantitative estimate of drug-likeness (QED) is 0.751. The Bertz CT molecular complexity index is 722. The van der Waals surface area contributed by atoms with E-state index in [-0.39, 0.29) is 23.1 Å². The Morgan fingerprint density at radius 2 is 1.73 bits per heavy atom. The second-order valence-corrected chi connectivity index (χ2v) is 6.93. The van der Waals surface area contributed by atoms with Gasteiger partial charge >= 0.3 is 12.0 Å². The van der Waals surface area contributed by atoms with Crippen LogP contribution >= 0.6 is 0 Å². The van der Waals surface area contributed by atoms with Crippen LogP contribution in [0.3, 0.4) is 0 Å². The summed E-state index contributed by atoms with van der Waals surface area (Å²) in [6.45, 7) is 3.78. The third-order valence-corrected chi connectivity index (χ3v) is 4.15. The normalized spacial score (nSPS) is 17.1. The maximum Gasteiger partial charge on any atom is 0.355 e. The van der Waals surface area contributed by atoms with Crippen LogP contribution in [-0.4, -0.2) is 41.0 Å². The average molecular weight is 359 g/mol. The van der Waals surface area contributed by atoms with E-state index in [9.17, 15) is 19.2 Å². The molecule has 1 aliphatic carbocycles. The van der Waals surface area contributed by atoms with Gasteiger partial charge in [-0.25, -0.2) is 9.59 Å². The van der Waals surface area contributed by atoms with Gasteiger partial charge in [-0.2, -0.15) is 0 Å². The number of hydroxylamine groups is 2. The minimum atomic E-state index is -0.960. The molecule has 0 spiro atoms. The molecule has 4 amide bonds. The van der Waals surface area contributed by atoms with Gasteiger partial charge < -0.3 is 15.5 Å². The van der Waals surface area contributed by atoms with E-state index in [4.69, 9.17) is 4.84 Å². The Hall–Kier alpha value is -2.90. The lowest BCUT2D eigenvalue weighted by Crippen LogP contribution is -2.49. The third-order valence-electron chi connectivity index (χ3n) is 4.15. The third kappa shape index (κ3) is 3.84. The van der Waals surface area contributed by atoms with E-state index in [2.05, 4.69) is 10.6 Å². The van der Waals surface area contributed by atoms with Crippen LogP contribution in [0.4, 0.5) is 4.79 Å². The number of benzene rings is 1. The average Bonchev–Trinajstić information content (AvgIpc) is 3.37. The first-order chi connectivity index (χ1) is 12.4. The molecule has 3 rings (SSSR count). The van der Waals surface area contributed by atoms with Crippen molar-refractivity contribution in [1.82, 2.24) is 15.7 Å². The first-order valence-corrected chi connectivity index (χ1v) is 8.63. The van der Waals surface area contributed by atoms with E-state index in [1.807, 2.05) is 13.8 Å². The lowest BCUT2D eigenvalue weighted by atomic mass is 10.0. The molecule has 1 aromatic rings. The second-order valence-electron chi connectivity index (χ2n) is 6.93. The minimum absolute atomic E-state index is 0.0935. The molecule has 2 N–H and O–H groups in total. The second kappa shape index (κ2) is 7.15. The predicted molar refractivity (Wildman–Crippen MR) is 91.0 cm³/mol. The molecule has 1 fully saturated rings. The van der Waals surface area contributed by atoms with Gasteiger partial charge in [0.05, 0.1) is 11.1 Å². The van der Waals surface area contributed by atoms with Crippen LogP contribution in [0.15, 0.2) is 24.3 Å². The molecule has 1 unspecified atom stereocenters. The molecule has 0 radical (unpaired) electrons. The summed E-state index contributed by atoms with van der Waals surface area (Å²) < 4.78 is 0. The molecular formula is C18H21N3O5. The number of urea groups is 1. The zero-order valence-electron chi connectivity index (χ0n) is 14.7. The van der Waals surface area contributed by atoms with Gasteiger partial charge in [-0.3, -0.25) is 9.59 Å². The van der Waals surface area contributed by atoms with Crippen LogP contribution in [-0.2, 0) is 9.63 Å². The highest BCUT2D eigenvalue weighted by Crippen LogP contribution is 2.23. The molecule has 8 nitrogen and oxygen atoms in total. The van der Waals surface area contributed by atoms with Crippen LogP contribution in [0.25, 0.3) is 0 Å². The van der Waals surface area contributed by atoms with Gasteiger partial charge in [0.15, 0.2) is 0 Å². The summed E-state index contributed by atoms with van der Waals surface area (Å²) in [5, 5.41) is 5.76. The molecule has 2 aliphatic rings. The van der Waals surface area contributed by atoms with Crippen molar-refractivity contribution in [1.29, 1.82) is 0 Å². The minimum Gasteiger partial charge on any atom is -0.335 e. The summed E-state index contributed by atoms with van der Waals surface area (Å²) in [7, 11) is 0. The van der Waals surface area contributed by atoms with E-state index >= 15 is 0 Å². The van der Waals surface area contributed by atoms with Gasteiger partial charge in [0, 0.05) is 6.04 Å². The van der Waals surface area contributed by atoms with Gasteiger partial charge in [-0.05, 0) is 37.3 Å². The van der Waals surface area contributed by atoms with Crippen molar-refractivity contribution in [3.63, 3.8) is 0 Å². The zero-order valence-corrected chi connectivity index (χ0v) is 14.7. The molecule has 1 aliphatic heterocycles. The molecule has 1 heterocycles. The number of amides is 4. The number of rotatable bonds is 6. The molecule has 0 bridgehead atoms. The van der Waals surface area contributed by atoms with Crippen molar-refractivity contribution >= 4 is 23.8 Å². The summed E-state index contributed by atoms with van der Waals surface area (Å²) in [6.07, 6.45) is 2.16. The number of nitrogens with zero attached hydrogens (tertiary/aromatic N) is 1. The smallest absolute Gasteiger partial charge is 0.335 e. The number of hydrogen-bond acceptors (Lipinski definition) is 5. The first kappa shape index (κ1) is 17.9. The maximum absolute atomic E-state index is 12.5. The largest absolute Gasteiger partial charge is 0.355 e. The molecule has 26 heavy (non-hydrogen) atoms. The topological polar surface area (TPSA) is 105 Å². The van der Waals surface area contributed by atoms with Gasteiger partial charge in [0.2, 0.25) is 0 Å². The summed E-state index contributed by atoms with van der Waals surface area (Å²) in [6, 6.07) is 4.96. The molecule has 0 aromatic heterocycles. The summed E-state index contributed by atoms with van der Waals surface area (Å²) >= 11 is 0. The Labute approximate surface area is 150 Å². The van der Waals surface area contributed by atoms with E-state index in [1.54, 1.807) is 12.1 Å². The van der Waals surface area contributed by atoms with Crippen LogP contribution in [0, 0.1) is 5.92 Å². The standard InChI is InChI=1S/C18H21N3O5/c1-10(2)9-14(20-18(25)19-11-7-8-11)17(24)26-21-15(22)12-5-3-4-6-13(12)16(21)23/h3-6,10-11,14H,7-9H2,1-2H3,(H2,19,20,25). The van der Waals surface area contributed by atoms with Gasteiger partial charge in [-0.1, -0.05) is 31.0 Å². The molecule has 1 saturated carbocycles.